The highest BCUT2D eigenvalue weighted by Gasteiger charge is 2.55. The molecular formula is C23H28N+. The third kappa shape index (κ3) is 1.54. The van der Waals surface area contributed by atoms with Crippen molar-refractivity contribution in [2.24, 2.45) is 0 Å². The molecule has 0 saturated heterocycles. The highest BCUT2D eigenvalue weighted by molar-refractivity contribution is 6.09. The Morgan fingerprint density at radius 3 is 2.21 bits per heavy atom. The zero-order chi connectivity index (χ0) is 17.3. The van der Waals surface area contributed by atoms with Gasteiger partial charge in [0.25, 0.3) is 0 Å². The number of benzene rings is 2. The number of aromatic nitrogens is 1. The second-order valence-electron chi connectivity index (χ2n) is 7.93. The van der Waals surface area contributed by atoms with Crippen LogP contribution in [-0.2, 0) is 11.0 Å². The first-order valence-corrected chi connectivity index (χ1v) is 9.28. The number of rotatable bonds is 2. The van der Waals surface area contributed by atoms with Crippen LogP contribution in [0.2, 0.25) is 0 Å². The Morgan fingerprint density at radius 1 is 0.875 bits per heavy atom. The molecule has 0 spiro atoms. The highest BCUT2D eigenvalue weighted by atomic mass is 15.1. The molecule has 1 aromatic heterocycles. The van der Waals surface area contributed by atoms with E-state index >= 15 is 0 Å². The van der Waals surface area contributed by atoms with Gasteiger partial charge in [0, 0.05) is 19.4 Å². The van der Waals surface area contributed by atoms with Crippen LogP contribution in [0.1, 0.15) is 57.2 Å². The lowest BCUT2D eigenvalue weighted by Crippen LogP contribution is -2.66. The van der Waals surface area contributed by atoms with Crippen molar-refractivity contribution in [3.8, 4) is 0 Å². The van der Waals surface area contributed by atoms with Gasteiger partial charge in [-0.1, -0.05) is 32.0 Å². The molecule has 2 heterocycles. The first-order chi connectivity index (χ1) is 11.4. The fourth-order valence-corrected chi connectivity index (χ4v) is 5.15. The van der Waals surface area contributed by atoms with Crippen LogP contribution in [-0.4, -0.2) is 0 Å². The quantitative estimate of drug-likeness (QED) is 0.421. The second kappa shape index (κ2) is 4.81. The van der Waals surface area contributed by atoms with Gasteiger partial charge in [0.15, 0.2) is 11.7 Å². The van der Waals surface area contributed by atoms with Crippen LogP contribution in [0.15, 0.2) is 36.5 Å². The fourth-order valence-electron chi connectivity index (χ4n) is 5.15. The molecule has 2 unspecified atom stereocenters. The van der Waals surface area contributed by atoms with E-state index in [1.807, 2.05) is 0 Å². The number of nitrogens with zero attached hydrogens (tertiary/aromatic N) is 1. The minimum absolute atomic E-state index is 0.0875. The van der Waals surface area contributed by atoms with E-state index in [2.05, 4.69) is 82.6 Å². The van der Waals surface area contributed by atoms with E-state index in [1.54, 1.807) is 0 Å². The van der Waals surface area contributed by atoms with E-state index in [0.717, 1.165) is 12.8 Å². The summed E-state index contributed by atoms with van der Waals surface area (Å²) in [6.45, 7) is 14.2. The average molecular weight is 318 g/mol. The summed E-state index contributed by atoms with van der Waals surface area (Å²) in [4.78, 5) is 0. The van der Waals surface area contributed by atoms with Gasteiger partial charge >= 0.3 is 0 Å². The fraction of sp³-hybridized carbons (Fsp3) is 0.435. The van der Waals surface area contributed by atoms with Crippen molar-refractivity contribution < 1.29 is 4.57 Å². The molecule has 1 nitrogen and oxygen atoms in total. The summed E-state index contributed by atoms with van der Waals surface area (Å²) in [5.41, 5.74) is 6.03. The Labute approximate surface area is 145 Å². The second-order valence-corrected chi connectivity index (χ2v) is 7.93. The van der Waals surface area contributed by atoms with Crippen molar-refractivity contribution in [3.63, 3.8) is 0 Å². The van der Waals surface area contributed by atoms with Crippen LogP contribution in [0, 0.1) is 13.8 Å². The molecule has 1 aliphatic rings. The van der Waals surface area contributed by atoms with Gasteiger partial charge in [-0.25, -0.2) is 0 Å². The number of hydrogen-bond acceptors (Lipinski definition) is 0. The van der Waals surface area contributed by atoms with E-state index < -0.39 is 0 Å². The Hall–Kier alpha value is -1.89. The molecule has 0 saturated carbocycles. The molecule has 124 valence electrons. The lowest BCUT2D eigenvalue weighted by atomic mass is 9.61. The van der Waals surface area contributed by atoms with E-state index in [9.17, 15) is 0 Å². The molecule has 0 N–H and O–H groups in total. The van der Waals surface area contributed by atoms with Crippen LogP contribution >= 0.6 is 0 Å². The van der Waals surface area contributed by atoms with Gasteiger partial charge in [-0.2, -0.15) is 4.57 Å². The van der Waals surface area contributed by atoms with Gasteiger partial charge in [-0.15, -0.1) is 0 Å². The summed E-state index contributed by atoms with van der Waals surface area (Å²) >= 11 is 0. The van der Waals surface area contributed by atoms with Gasteiger partial charge in [0.1, 0.15) is 0 Å². The minimum Gasteiger partial charge on any atom is -0.192 e. The molecule has 2 aromatic carbocycles. The van der Waals surface area contributed by atoms with Crippen molar-refractivity contribution in [2.75, 3.05) is 0 Å². The van der Waals surface area contributed by atoms with Gasteiger partial charge in [-0.3, -0.25) is 0 Å². The smallest absolute Gasteiger partial charge is 0.192 e. The summed E-state index contributed by atoms with van der Waals surface area (Å²) in [5.74, 6) is 0. The summed E-state index contributed by atoms with van der Waals surface area (Å²) in [6.07, 6.45) is 4.58. The summed E-state index contributed by atoms with van der Waals surface area (Å²) in [6, 6.07) is 11.5. The first kappa shape index (κ1) is 15.6. The number of pyridine rings is 1. The molecule has 0 aliphatic carbocycles. The normalized spacial score (nSPS) is 25.8. The van der Waals surface area contributed by atoms with Crippen molar-refractivity contribution in [2.45, 2.75) is 65.3 Å². The van der Waals surface area contributed by atoms with Gasteiger partial charge < -0.3 is 0 Å². The summed E-state index contributed by atoms with van der Waals surface area (Å²) in [7, 11) is 0. The van der Waals surface area contributed by atoms with Gasteiger partial charge in [-0.05, 0) is 55.3 Å². The molecule has 0 fully saturated rings. The predicted molar refractivity (Wildman–Crippen MR) is 103 cm³/mol. The van der Waals surface area contributed by atoms with Crippen molar-refractivity contribution in [3.05, 3.63) is 53.2 Å². The maximum atomic E-state index is 2.59. The molecule has 0 radical (unpaired) electrons. The maximum absolute atomic E-state index is 2.59. The topological polar surface area (TPSA) is 3.88 Å². The first-order valence-electron chi connectivity index (χ1n) is 9.28. The van der Waals surface area contributed by atoms with Gasteiger partial charge in [0.2, 0.25) is 5.52 Å². The van der Waals surface area contributed by atoms with Crippen LogP contribution in [0.5, 0.6) is 0 Å². The number of hydrogen-bond donors (Lipinski definition) is 0. The third-order valence-electron chi connectivity index (χ3n) is 7.38. The van der Waals surface area contributed by atoms with Crippen molar-refractivity contribution >= 4 is 21.7 Å². The zero-order valence-corrected chi connectivity index (χ0v) is 15.8. The SMILES string of the molecule is CCC1(C)c2cccc3c(C)c(C)c4ccc[n+](c4c23)C1(C)CC. The Morgan fingerprint density at radius 2 is 1.54 bits per heavy atom. The molecule has 1 heteroatoms. The van der Waals surface area contributed by atoms with Crippen LogP contribution in [0.25, 0.3) is 21.7 Å². The standard InChI is InChI=1S/C23H28N/c1-7-22(5)19-13-9-11-17-15(3)16(4)18-12-10-14-24(21(18)20(17)19)23(22,6)8-2/h9-14H,7-8H2,1-6H3/q+1. The summed E-state index contributed by atoms with van der Waals surface area (Å²) < 4.78 is 2.59. The lowest BCUT2D eigenvalue weighted by molar-refractivity contribution is -0.750. The largest absolute Gasteiger partial charge is 0.221 e. The number of aryl methyl sites for hydroxylation is 2. The monoisotopic (exact) mass is 318 g/mol. The van der Waals surface area contributed by atoms with Crippen LogP contribution < -0.4 is 4.57 Å². The third-order valence-corrected chi connectivity index (χ3v) is 7.38. The molecule has 0 bridgehead atoms. The van der Waals surface area contributed by atoms with Crippen molar-refractivity contribution in [1.82, 2.24) is 0 Å². The molecule has 24 heavy (non-hydrogen) atoms. The van der Waals surface area contributed by atoms with E-state index in [0.29, 0.717) is 0 Å². The van der Waals surface area contributed by atoms with Crippen LogP contribution in [0.4, 0.5) is 0 Å². The van der Waals surface area contributed by atoms with Crippen molar-refractivity contribution in [1.29, 1.82) is 0 Å². The average Bonchev–Trinajstić information content (AvgIpc) is 2.62. The zero-order valence-electron chi connectivity index (χ0n) is 15.8. The van der Waals surface area contributed by atoms with E-state index in [-0.39, 0.29) is 11.0 Å². The molecule has 1 aliphatic heterocycles. The van der Waals surface area contributed by atoms with E-state index in [4.69, 9.17) is 0 Å². The summed E-state index contributed by atoms with van der Waals surface area (Å²) in [5, 5.41) is 4.31. The Balaban J connectivity index is 2.39. The Kier molecular flexibility index (Phi) is 3.13. The predicted octanol–water partition coefficient (Wildman–Crippen LogP) is 5.70. The Bertz CT molecular complexity index is 904. The molecule has 3 aromatic rings. The highest BCUT2D eigenvalue weighted by Crippen LogP contribution is 2.50. The van der Waals surface area contributed by atoms with Gasteiger partial charge in [0.05, 0.1) is 16.2 Å². The molecule has 2 atom stereocenters. The maximum Gasteiger partial charge on any atom is 0.221 e. The van der Waals surface area contributed by atoms with E-state index in [1.165, 1.54) is 38.4 Å². The minimum atomic E-state index is 0.0875. The van der Waals surface area contributed by atoms with Crippen LogP contribution in [0.3, 0.4) is 0 Å². The lowest BCUT2D eigenvalue weighted by Gasteiger charge is -2.45. The molecule has 4 rings (SSSR count). The molecule has 0 amide bonds. The molecular weight excluding hydrogens is 290 g/mol.